The number of hydrogen-bond donors (Lipinski definition) is 0. The number of allylic oxidation sites excluding steroid dienone is 1. The summed E-state index contributed by atoms with van der Waals surface area (Å²) in [5, 5.41) is 9.69. The molecule has 0 aromatic heterocycles. The van der Waals surface area contributed by atoms with Gasteiger partial charge in [-0.25, -0.2) is 4.79 Å². The number of fused-ring (bicyclic) bond motifs is 1. The van der Waals surface area contributed by atoms with Crippen LogP contribution in [0, 0.1) is 11.3 Å². The number of carbonyl (C=O) groups is 1. The lowest BCUT2D eigenvalue weighted by Crippen LogP contribution is -2.06. The number of hydrogen-bond acceptors (Lipinski definition) is 7. The monoisotopic (exact) mass is 491 g/mol. The SMILES string of the molecule is C=C(C)C(=O)OCCCCCCCCOc1ccc(C=C(C#N)c2ccc3c(c2)OCO3)cc1OC. The minimum Gasteiger partial charge on any atom is -0.493 e. The number of methoxy groups -OCH3 is 1. The van der Waals surface area contributed by atoms with Gasteiger partial charge >= 0.3 is 5.97 Å². The molecule has 0 N–H and O–H groups in total. The largest absolute Gasteiger partial charge is 0.493 e. The van der Waals surface area contributed by atoms with Crippen LogP contribution in [-0.4, -0.2) is 33.1 Å². The molecule has 2 aromatic rings. The summed E-state index contributed by atoms with van der Waals surface area (Å²) in [7, 11) is 1.60. The maximum absolute atomic E-state index is 11.3. The fraction of sp³-hybridized carbons (Fsp3) is 0.379. The van der Waals surface area contributed by atoms with E-state index < -0.39 is 0 Å². The lowest BCUT2D eigenvalue weighted by atomic mass is 10.0. The Bertz CT molecular complexity index is 1130. The first kappa shape index (κ1) is 26.7. The zero-order valence-corrected chi connectivity index (χ0v) is 21.0. The van der Waals surface area contributed by atoms with Crippen molar-refractivity contribution in [2.24, 2.45) is 0 Å². The molecule has 0 spiro atoms. The molecule has 0 aliphatic carbocycles. The molecule has 0 atom stereocenters. The molecular weight excluding hydrogens is 458 g/mol. The van der Waals surface area contributed by atoms with Crippen molar-refractivity contribution < 1.29 is 28.5 Å². The zero-order valence-electron chi connectivity index (χ0n) is 21.0. The summed E-state index contributed by atoms with van der Waals surface area (Å²) in [6.45, 7) is 6.46. The van der Waals surface area contributed by atoms with Gasteiger partial charge in [-0.1, -0.05) is 38.3 Å². The van der Waals surface area contributed by atoms with E-state index in [-0.39, 0.29) is 12.8 Å². The number of carbonyl (C=O) groups excluding carboxylic acids is 1. The Morgan fingerprint density at radius 3 is 2.44 bits per heavy atom. The number of nitriles is 1. The van der Waals surface area contributed by atoms with Gasteiger partial charge in [-0.15, -0.1) is 0 Å². The Labute approximate surface area is 212 Å². The molecule has 0 fully saturated rings. The summed E-state index contributed by atoms with van der Waals surface area (Å²) < 4.78 is 27.3. The third-order valence-electron chi connectivity index (χ3n) is 5.68. The normalized spacial score (nSPS) is 12.1. The van der Waals surface area contributed by atoms with Gasteiger partial charge in [-0.3, -0.25) is 0 Å². The molecule has 2 aromatic carbocycles. The number of unbranched alkanes of at least 4 members (excludes halogenated alkanes) is 5. The maximum atomic E-state index is 11.3. The lowest BCUT2D eigenvalue weighted by Gasteiger charge is -2.12. The van der Waals surface area contributed by atoms with E-state index in [0.717, 1.165) is 49.7 Å². The maximum Gasteiger partial charge on any atom is 0.333 e. The Balaban J connectivity index is 1.43. The second kappa shape index (κ2) is 13.8. The summed E-state index contributed by atoms with van der Waals surface area (Å²) >= 11 is 0. The highest BCUT2D eigenvalue weighted by molar-refractivity contribution is 5.90. The first-order chi connectivity index (χ1) is 17.5. The molecule has 1 heterocycles. The molecular formula is C29H33NO6. The second-order valence-electron chi connectivity index (χ2n) is 8.53. The fourth-order valence-electron chi connectivity index (χ4n) is 3.69. The standard InChI is InChI=1S/C29H33NO6/c1-21(2)29(31)34-15-9-7-5-4-6-8-14-33-25-12-10-22(17-27(25)32-3)16-24(19-30)23-11-13-26-28(18-23)36-20-35-26/h10-13,16-18H,1,4-9,14-15,20H2,2-3H3. The predicted octanol–water partition coefficient (Wildman–Crippen LogP) is 6.33. The average molecular weight is 492 g/mol. The van der Waals surface area contributed by atoms with Crippen molar-refractivity contribution in [1.29, 1.82) is 5.26 Å². The zero-order chi connectivity index (χ0) is 25.8. The molecule has 0 saturated heterocycles. The molecule has 1 aliphatic heterocycles. The van der Waals surface area contributed by atoms with Crippen LogP contribution in [0.5, 0.6) is 23.0 Å². The number of esters is 1. The van der Waals surface area contributed by atoms with Crippen LogP contribution in [0.3, 0.4) is 0 Å². The minimum absolute atomic E-state index is 0.192. The highest BCUT2D eigenvalue weighted by Crippen LogP contribution is 2.35. The summed E-state index contributed by atoms with van der Waals surface area (Å²) in [4.78, 5) is 11.3. The highest BCUT2D eigenvalue weighted by Gasteiger charge is 2.15. The topological polar surface area (TPSA) is 87.0 Å². The van der Waals surface area contributed by atoms with E-state index in [1.165, 1.54) is 0 Å². The van der Waals surface area contributed by atoms with Gasteiger partial charge in [0.05, 0.1) is 32.0 Å². The Morgan fingerprint density at radius 1 is 1.00 bits per heavy atom. The van der Waals surface area contributed by atoms with Crippen LogP contribution < -0.4 is 18.9 Å². The van der Waals surface area contributed by atoms with Gasteiger partial charge in [0.15, 0.2) is 23.0 Å². The van der Waals surface area contributed by atoms with Crippen LogP contribution in [0.2, 0.25) is 0 Å². The van der Waals surface area contributed by atoms with Crippen LogP contribution in [0.25, 0.3) is 11.6 Å². The Morgan fingerprint density at radius 2 is 1.72 bits per heavy atom. The molecule has 0 radical (unpaired) electrons. The van der Waals surface area contributed by atoms with Crippen LogP contribution in [0.4, 0.5) is 0 Å². The quantitative estimate of drug-likeness (QED) is 0.100. The molecule has 7 nitrogen and oxygen atoms in total. The molecule has 3 rings (SSSR count). The molecule has 36 heavy (non-hydrogen) atoms. The number of ether oxygens (including phenoxy) is 5. The van der Waals surface area contributed by atoms with E-state index in [2.05, 4.69) is 12.6 Å². The average Bonchev–Trinajstić information content (AvgIpc) is 3.36. The first-order valence-electron chi connectivity index (χ1n) is 12.2. The van der Waals surface area contributed by atoms with E-state index in [1.807, 2.05) is 42.5 Å². The van der Waals surface area contributed by atoms with Gasteiger partial charge in [0.1, 0.15) is 0 Å². The smallest absolute Gasteiger partial charge is 0.333 e. The van der Waals surface area contributed by atoms with Crippen LogP contribution in [0.1, 0.15) is 56.6 Å². The van der Waals surface area contributed by atoms with E-state index in [4.69, 9.17) is 23.7 Å². The first-order valence-corrected chi connectivity index (χ1v) is 12.2. The molecule has 0 saturated carbocycles. The molecule has 0 bridgehead atoms. The van der Waals surface area contributed by atoms with Gasteiger partial charge in [0, 0.05) is 5.57 Å². The minimum atomic E-state index is -0.318. The molecule has 1 aliphatic rings. The lowest BCUT2D eigenvalue weighted by molar-refractivity contribution is -0.139. The summed E-state index contributed by atoms with van der Waals surface area (Å²) in [5.74, 6) is 2.30. The van der Waals surface area contributed by atoms with Crippen LogP contribution >= 0.6 is 0 Å². The van der Waals surface area contributed by atoms with E-state index in [0.29, 0.717) is 47.4 Å². The van der Waals surface area contributed by atoms with Gasteiger partial charge in [-0.05, 0) is 67.3 Å². The number of rotatable bonds is 14. The Hall–Kier alpha value is -3.92. The van der Waals surface area contributed by atoms with E-state index in [1.54, 1.807) is 14.0 Å². The molecule has 0 unspecified atom stereocenters. The summed E-state index contributed by atoms with van der Waals surface area (Å²) in [6.07, 6.45) is 7.92. The highest BCUT2D eigenvalue weighted by atomic mass is 16.7. The van der Waals surface area contributed by atoms with Gasteiger partial charge in [-0.2, -0.15) is 5.26 Å². The van der Waals surface area contributed by atoms with Crippen molar-refractivity contribution in [3.05, 3.63) is 59.7 Å². The predicted molar refractivity (Wildman–Crippen MR) is 138 cm³/mol. The van der Waals surface area contributed by atoms with Crippen LogP contribution in [-0.2, 0) is 9.53 Å². The van der Waals surface area contributed by atoms with Gasteiger partial charge < -0.3 is 23.7 Å². The van der Waals surface area contributed by atoms with E-state index in [9.17, 15) is 10.1 Å². The molecule has 7 heteroatoms. The summed E-state index contributed by atoms with van der Waals surface area (Å²) in [6, 6.07) is 13.4. The number of benzene rings is 2. The number of nitrogens with zero attached hydrogens (tertiary/aromatic N) is 1. The second-order valence-corrected chi connectivity index (χ2v) is 8.53. The van der Waals surface area contributed by atoms with Crippen molar-refractivity contribution in [2.75, 3.05) is 27.1 Å². The van der Waals surface area contributed by atoms with Crippen molar-refractivity contribution in [3.63, 3.8) is 0 Å². The molecule has 190 valence electrons. The van der Waals surface area contributed by atoms with Crippen molar-refractivity contribution >= 4 is 17.6 Å². The van der Waals surface area contributed by atoms with Crippen molar-refractivity contribution in [1.82, 2.24) is 0 Å². The Kier molecular flexibility index (Phi) is 10.3. The van der Waals surface area contributed by atoms with Crippen LogP contribution in [0.15, 0.2) is 48.6 Å². The fourth-order valence-corrected chi connectivity index (χ4v) is 3.69. The van der Waals surface area contributed by atoms with Gasteiger partial charge in [0.25, 0.3) is 0 Å². The van der Waals surface area contributed by atoms with E-state index >= 15 is 0 Å². The molecule has 0 amide bonds. The third-order valence-corrected chi connectivity index (χ3v) is 5.68. The summed E-state index contributed by atoms with van der Waals surface area (Å²) in [5.41, 5.74) is 2.54. The third kappa shape index (κ3) is 7.81. The van der Waals surface area contributed by atoms with Crippen molar-refractivity contribution in [2.45, 2.75) is 45.4 Å². The van der Waals surface area contributed by atoms with Gasteiger partial charge in [0.2, 0.25) is 6.79 Å². The van der Waals surface area contributed by atoms with Crippen molar-refractivity contribution in [3.8, 4) is 29.1 Å².